The minimum atomic E-state index is 1.07. The Morgan fingerprint density at radius 1 is 0.870 bits per heavy atom. The molecule has 0 saturated carbocycles. The van der Waals surface area contributed by atoms with E-state index in [0.29, 0.717) is 0 Å². The first-order valence-corrected chi connectivity index (χ1v) is 9.48. The second-order valence-electron chi connectivity index (χ2n) is 6.91. The first-order valence-electron chi connectivity index (χ1n) is 9.48. The second-order valence-corrected chi connectivity index (χ2v) is 6.91. The number of unbranched alkanes of at least 4 members (excludes halogenated alkanes) is 4. The molecule has 0 bridgehead atoms. The van der Waals surface area contributed by atoms with E-state index in [4.69, 9.17) is 0 Å². The van der Waals surface area contributed by atoms with Gasteiger partial charge in [-0.1, -0.05) is 69.9 Å². The average molecular weight is 305 g/mol. The molecule has 0 N–H and O–H groups in total. The molecule has 0 fully saturated rings. The van der Waals surface area contributed by atoms with Gasteiger partial charge in [-0.3, -0.25) is 0 Å². The predicted octanol–water partition coefficient (Wildman–Crippen LogP) is 6.52. The van der Waals surface area contributed by atoms with Gasteiger partial charge in [-0.05, 0) is 71.6 Å². The minimum absolute atomic E-state index is 1.07. The number of hydrogen-bond donors (Lipinski definition) is 0. The Morgan fingerprint density at radius 2 is 1.61 bits per heavy atom. The van der Waals surface area contributed by atoms with Gasteiger partial charge in [-0.15, -0.1) is 0 Å². The Balaban J connectivity index is 1.89. The van der Waals surface area contributed by atoms with Gasteiger partial charge in [-0.2, -0.15) is 0 Å². The van der Waals surface area contributed by atoms with Gasteiger partial charge in [0, 0.05) is 0 Å². The fourth-order valence-electron chi connectivity index (χ4n) is 3.75. The molecular weight excluding hydrogens is 276 g/mol. The van der Waals surface area contributed by atoms with Gasteiger partial charge in [-0.25, -0.2) is 0 Å². The summed E-state index contributed by atoms with van der Waals surface area (Å²) in [7, 11) is 0. The molecule has 0 aromatic heterocycles. The number of rotatable bonds is 8. The molecule has 2 aromatic carbocycles. The van der Waals surface area contributed by atoms with Gasteiger partial charge in [0.05, 0.1) is 0 Å². The number of hydrogen-bond acceptors (Lipinski definition) is 0. The topological polar surface area (TPSA) is 0 Å². The molecule has 0 spiro atoms. The van der Waals surface area contributed by atoms with E-state index >= 15 is 0 Å². The third-order valence-corrected chi connectivity index (χ3v) is 5.09. The second kappa shape index (κ2) is 7.81. The van der Waals surface area contributed by atoms with Crippen LogP contribution in [0.1, 0.15) is 74.6 Å². The van der Waals surface area contributed by atoms with Crippen LogP contribution in [0.15, 0.2) is 30.3 Å². The monoisotopic (exact) mass is 305 g/mol. The predicted molar refractivity (Wildman–Crippen MR) is 100.0 cm³/mol. The molecule has 0 saturated heterocycles. The first-order chi connectivity index (χ1) is 11.3. The summed E-state index contributed by atoms with van der Waals surface area (Å²) in [5.41, 5.74) is 8.86. The average Bonchev–Trinajstić information content (AvgIpc) is 2.93. The SMILES string of the molecule is CCCCCc1[c]c2c(cc1CCCCC)-c1ccccc1C2. The third-order valence-electron chi connectivity index (χ3n) is 5.09. The smallest absolute Gasteiger partial charge is 0.000718 e. The molecule has 2 aromatic rings. The fraction of sp³-hybridized carbons (Fsp3) is 0.478. The van der Waals surface area contributed by atoms with Crippen molar-refractivity contribution in [2.75, 3.05) is 0 Å². The van der Waals surface area contributed by atoms with Crippen molar-refractivity contribution < 1.29 is 0 Å². The zero-order valence-electron chi connectivity index (χ0n) is 14.8. The zero-order valence-corrected chi connectivity index (χ0v) is 14.8. The van der Waals surface area contributed by atoms with Crippen LogP contribution in [0.25, 0.3) is 11.1 Å². The number of fused-ring (bicyclic) bond motifs is 3. The maximum absolute atomic E-state index is 3.83. The molecule has 1 radical (unpaired) electrons. The molecule has 1 aliphatic rings. The van der Waals surface area contributed by atoms with Gasteiger partial charge >= 0.3 is 0 Å². The van der Waals surface area contributed by atoms with Gasteiger partial charge in [0.15, 0.2) is 0 Å². The molecule has 0 heterocycles. The standard InChI is InChI=1S/C23H29/c1-3-5-7-11-18-15-21-16-20-13-9-10-14-22(20)23(21)17-19(18)12-8-6-4-2/h9-10,13-14,17H,3-8,11-12,16H2,1-2H3. The third kappa shape index (κ3) is 3.68. The van der Waals surface area contributed by atoms with Crippen LogP contribution in [0.4, 0.5) is 0 Å². The first kappa shape index (κ1) is 16.3. The summed E-state index contributed by atoms with van der Waals surface area (Å²) in [4.78, 5) is 0. The van der Waals surface area contributed by atoms with E-state index in [0.717, 1.165) is 6.42 Å². The highest BCUT2D eigenvalue weighted by molar-refractivity contribution is 5.77. The van der Waals surface area contributed by atoms with Gasteiger partial charge in [0.25, 0.3) is 0 Å². The molecule has 121 valence electrons. The summed E-state index contributed by atoms with van der Waals surface area (Å²) in [6.07, 6.45) is 11.4. The molecular formula is C23H29. The van der Waals surface area contributed by atoms with Crippen molar-refractivity contribution in [1.82, 2.24) is 0 Å². The lowest BCUT2D eigenvalue weighted by molar-refractivity contribution is 0.693. The molecule has 0 amide bonds. The molecule has 0 heteroatoms. The van der Waals surface area contributed by atoms with Crippen LogP contribution in [-0.4, -0.2) is 0 Å². The summed E-state index contributed by atoms with van der Waals surface area (Å²) < 4.78 is 0. The van der Waals surface area contributed by atoms with E-state index in [1.165, 1.54) is 79.2 Å². The maximum atomic E-state index is 3.83. The van der Waals surface area contributed by atoms with Crippen molar-refractivity contribution in [1.29, 1.82) is 0 Å². The van der Waals surface area contributed by atoms with Gasteiger partial charge in [0.1, 0.15) is 0 Å². The van der Waals surface area contributed by atoms with Crippen molar-refractivity contribution in [3.8, 4) is 11.1 Å². The van der Waals surface area contributed by atoms with E-state index in [2.05, 4.69) is 50.2 Å². The van der Waals surface area contributed by atoms with Crippen molar-refractivity contribution in [3.63, 3.8) is 0 Å². The number of aryl methyl sites for hydroxylation is 2. The Kier molecular flexibility index (Phi) is 5.54. The maximum Gasteiger partial charge on any atom is -0.000718 e. The molecule has 3 rings (SSSR count). The molecule has 23 heavy (non-hydrogen) atoms. The van der Waals surface area contributed by atoms with Crippen LogP contribution < -0.4 is 0 Å². The van der Waals surface area contributed by atoms with Crippen molar-refractivity contribution in [3.05, 3.63) is 58.7 Å². The van der Waals surface area contributed by atoms with E-state index < -0.39 is 0 Å². The Morgan fingerprint density at radius 3 is 2.39 bits per heavy atom. The lowest BCUT2D eigenvalue weighted by atomic mass is 9.92. The summed E-state index contributed by atoms with van der Waals surface area (Å²) in [5.74, 6) is 0. The normalized spacial score (nSPS) is 12.3. The highest BCUT2D eigenvalue weighted by Gasteiger charge is 2.20. The highest BCUT2D eigenvalue weighted by Crippen LogP contribution is 2.38. The summed E-state index contributed by atoms with van der Waals surface area (Å²) >= 11 is 0. The molecule has 1 aliphatic carbocycles. The van der Waals surface area contributed by atoms with Crippen molar-refractivity contribution in [2.45, 2.75) is 71.6 Å². The Hall–Kier alpha value is -1.56. The van der Waals surface area contributed by atoms with Crippen molar-refractivity contribution in [2.24, 2.45) is 0 Å². The van der Waals surface area contributed by atoms with E-state index in [9.17, 15) is 0 Å². The molecule has 0 nitrogen and oxygen atoms in total. The van der Waals surface area contributed by atoms with Crippen LogP contribution in [-0.2, 0) is 19.3 Å². The van der Waals surface area contributed by atoms with Crippen LogP contribution in [0.5, 0.6) is 0 Å². The largest absolute Gasteiger partial charge is 0.0654 e. The highest BCUT2D eigenvalue weighted by atomic mass is 14.2. The molecule has 0 aliphatic heterocycles. The van der Waals surface area contributed by atoms with Crippen LogP contribution in [0, 0.1) is 6.07 Å². The van der Waals surface area contributed by atoms with E-state index in [1.807, 2.05) is 0 Å². The lowest BCUT2D eigenvalue weighted by Crippen LogP contribution is -1.98. The molecule has 0 atom stereocenters. The summed E-state index contributed by atoms with van der Waals surface area (Å²) in [5, 5.41) is 0. The number of benzene rings is 2. The van der Waals surface area contributed by atoms with E-state index in [1.54, 1.807) is 5.56 Å². The summed E-state index contributed by atoms with van der Waals surface area (Å²) in [6, 6.07) is 15.2. The van der Waals surface area contributed by atoms with Crippen molar-refractivity contribution >= 4 is 0 Å². The fourth-order valence-corrected chi connectivity index (χ4v) is 3.75. The van der Waals surface area contributed by atoms with Crippen LogP contribution in [0.3, 0.4) is 0 Å². The minimum Gasteiger partial charge on any atom is -0.0654 e. The quantitative estimate of drug-likeness (QED) is 0.415. The van der Waals surface area contributed by atoms with E-state index in [-0.39, 0.29) is 0 Å². The zero-order chi connectivity index (χ0) is 16.1. The molecule has 0 unspecified atom stereocenters. The van der Waals surface area contributed by atoms with Crippen LogP contribution in [0.2, 0.25) is 0 Å². The van der Waals surface area contributed by atoms with Gasteiger partial charge in [0.2, 0.25) is 0 Å². The van der Waals surface area contributed by atoms with Gasteiger partial charge < -0.3 is 0 Å². The Bertz CT molecular complexity index is 651. The van der Waals surface area contributed by atoms with Crippen LogP contribution >= 0.6 is 0 Å². The summed E-state index contributed by atoms with van der Waals surface area (Å²) in [6.45, 7) is 4.57. The Labute approximate surface area is 141 Å². The lowest BCUT2D eigenvalue weighted by Gasteiger charge is -2.13.